The minimum absolute atomic E-state index is 0.0959. The molecule has 25 heavy (non-hydrogen) atoms. The van der Waals surface area contributed by atoms with Crippen LogP contribution in [0.25, 0.3) is 0 Å². The zero-order chi connectivity index (χ0) is 19.2. The molecule has 1 unspecified atom stereocenters. The van der Waals surface area contributed by atoms with Crippen molar-refractivity contribution in [2.24, 2.45) is 0 Å². The highest BCUT2D eigenvalue weighted by Gasteiger charge is 2.26. The Morgan fingerprint density at radius 3 is 2.40 bits per heavy atom. The van der Waals surface area contributed by atoms with Gasteiger partial charge in [0, 0.05) is 6.42 Å². The van der Waals surface area contributed by atoms with Crippen molar-refractivity contribution < 1.29 is 29.0 Å². The summed E-state index contributed by atoms with van der Waals surface area (Å²) in [6.07, 6.45) is -0.644. The van der Waals surface area contributed by atoms with Gasteiger partial charge in [-0.15, -0.1) is 0 Å². The Morgan fingerprint density at radius 2 is 1.88 bits per heavy atom. The van der Waals surface area contributed by atoms with Gasteiger partial charge in [-0.05, 0) is 52.3 Å². The first-order chi connectivity index (χ1) is 11.5. The molecule has 7 heteroatoms. The van der Waals surface area contributed by atoms with Gasteiger partial charge in [0.05, 0.1) is 12.2 Å². The zero-order valence-corrected chi connectivity index (χ0v) is 15.2. The summed E-state index contributed by atoms with van der Waals surface area (Å²) in [4.78, 5) is 35.6. The summed E-state index contributed by atoms with van der Waals surface area (Å²) in [5, 5.41) is 12.2. The predicted octanol–water partition coefficient (Wildman–Crippen LogP) is 2.59. The first-order valence-corrected chi connectivity index (χ1v) is 8.02. The summed E-state index contributed by atoms with van der Waals surface area (Å²) < 4.78 is 10.1. The van der Waals surface area contributed by atoms with Gasteiger partial charge in [-0.1, -0.05) is 6.07 Å². The van der Waals surface area contributed by atoms with E-state index in [-0.39, 0.29) is 30.1 Å². The van der Waals surface area contributed by atoms with Crippen LogP contribution in [0.15, 0.2) is 18.2 Å². The average molecular weight is 351 g/mol. The number of hydrogen-bond donors (Lipinski definition) is 2. The lowest BCUT2D eigenvalue weighted by molar-refractivity contribution is -0.145. The smallest absolute Gasteiger partial charge is 0.408 e. The summed E-state index contributed by atoms with van der Waals surface area (Å²) >= 11 is 0. The molecule has 1 amide bonds. The third kappa shape index (κ3) is 6.82. The third-order valence-corrected chi connectivity index (χ3v) is 3.14. The number of carbonyl (C=O) groups excluding carboxylic acids is 3. The van der Waals surface area contributed by atoms with Gasteiger partial charge in [-0.25, -0.2) is 9.59 Å². The van der Waals surface area contributed by atoms with Gasteiger partial charge in [0.15, 0.2) is 5.78 Å². The summed E-state index contributed by atoms with van der Waals surface area (Å²) in [6.45, 7) is 8.30. The van der Waals surface area contributed by atoms with Crippen molar-refractivity contribution in [1.29, 1.82) is 0 Å². The average Bonchev–Trinajstić information content (AvgIpc) is 2.46. The molecule has 0 spiro atoms. The lowest BCUT2D eigenvalue weighted by Gasteiger charge is -2.23. The number of esters is 1. The number of nitrogens with one attached hydrogen (secondary N) is 1. The zero-order valence-electron chi connectivity index (χ0n) is 15.2. The normalized spacial score (nSPS) is 12.2. The molecule has 1 aromatic carbocycles. The van der Waals surface area contributed by atoms with E-state index < -0.39 is 23.7 Å². The number of amides is 1. The van der Waals surface area contributed by atoms with Crippen LogP contribution >= 0.6 is 0 Å². The lowest BCUT2D eigenvalue weighted by Crippen LogP contribution is -2.45. The molecule has 0 aromatic heterocycles. The molecule has 0 aliphatic rings. The summed E-state index contributed by atoms with van der Waals surface area (Å²) in [6, 6.07) is 3.46. The van der Waals surface area contributed by atoms with Crippen LogP contribution in [0.2, 0.25) is 0 Å². The van der Waals surface area contributed by atoms with Gasteiger partial charge in [-0.3, -0.25) is 4.79 Å². The van der Waals surface area contributed by atoms with E-state index in [9.17, 15) is 19.5 Å². The number of rotatable bonds is 6. The van der Waals surface area contributed by atoms with E-state index >= 15 is 0 Å². The van der Waals surface area contributed by atoms with Crippen molar-refractivity contribution in [2.75, 3.05) is 6.61 Å². The van der Waals surface area contributed by atoms with Crippen molar-refractivity contribution in [1.82, 2.24) is 5.32 Å². The molecule has 2 N–H and O–H groups in total. The number of alkyl carbamates (subject to hydrolysis) is 1. The van der Waals surface area contributed by atoms with Crippen molar-refractivity contribution in [3.63, 3.8) is 0 Å². The maximum Gasteiger partial charge on any atom is 0.408 e. The van der Waals surface area contributed by atoms with Crippen LogP contribution in [0.3, 0.4) is 0 Å². The van der Waals surface area contributed by atoms with Gasteiger partial charge in [-0.2, -0.15) is 0 Å². The number of benzene rings is 1. The fourth-order valence-corrected chi connectivity index (χ4v) is 2.11. The van der Waals surface area contributed by atoms with Crippen LogP contribution in [-0.4, -0.2) is 41.2 Å². The third-order valence-electron chi connectivity index (χ3n) is 3.14. The Kier molecular flexibility index (Phi) is 6.97. The fraction of sp³-hybridized carbons (Fsp3) is 0.500. The molecular weight excluding hydrogens is 326 g/mol. The van der Waals surface area contributed by atoms with Gasteiger partial charge < -0.3 is 19.9 Å². The maximum atomic E-state index is 12.1. The lowest BCUT2D eigenvalue weighted by atomic mass is 10.0. The molecule has 0 aliphatic carbocycles. The number of Topliss-reactive ketones (excluding diaryl/α,β-unsaturated/α-hetero) is 1. The molecular formula is C18H25NO6. The topological polar surface area (TPSA) is 102 Å². The molecule has 1 aromatic rings. The van der Waals surface area contributed by atoms with E-state index in [1.807, 2.05) is 0 Å². The Hall–Kier alpha value is -2.57. The van der Waals surface area contributed by atoms with E-state index in [1.54, 1.807) is 33.8 Å². The summed E-state index contributed by atoms with van der Waals surface area (Å²) in [7, 11) is 0. The molecule has 0 radical (unpaired) electrons. The Bertz CT molecular complexity index is 647. The molecule has 0 fully saturated rings. The van der Waals surface area contributed by atoms with Gasteiger partial charge in [0.25, 0.3) is 0 Å². The molecule has 0 aliphatic heterocycles. The summed E-state index contributed by atoms with van der Waals surface area (Å²) in [5.41, 5.74) is 0.0402. The first kappa shape index (κ1) is 20.5. The molecule has 0 saturated heterocycles. The van der Waals surface area contributed by atoms with E-state index in [0.29, 0.717) is 5.56 Å². The number of phenolic OH excluding ortho intramolecular Hbond substituents is 1. The first-order valence-electron chi connectivity index (χ1n) is 8.02. The molecule has 0 saturated carbocycles. The predicted molar refractivity (Wildman–Crippen MR) is 91.6 cm³/mol. The van der Waals surface area contributed by atoms with Gasteiger partial charge >= 0.3 is 12.1 Å². The molecule has 0 heterocycles. The van der Waals surface area contributed by atoms with E-state index in [1.165, 1.54) is 19.1 Å². The minimum atomic E-state index is -0.973. The highest BCUT2D eigenvalue weighted by molar-refractivity contribution is 5.96. The van der Waals surface area contributed by atoms with Crippen molar-refractivity contribution in [3.8, 4) is 5.75 Å². The largest absolute Gasteiger partial charge is 0.507 e. The fourth-order valence-electron chi connectivity index (χ4n) is 2.11. The number of hydrogen-bond acceptors (Lipinski definition) is 6. The number of ether oxygens (including phenoxy) is 2. The quantitative estimate of drug-likeness (QED) is 0.603. The van der Waals surface area contributed by atoms with Crippen LogP contribution in [-0.2, 0) is 20.7 Å². The monoisotopic (exact) mass is 351 g/mol. The number of ketones is 1. The van der Waals surface area contributed by atoms with Crippen molar-refractivity contribution in [2.45, 2.75) is 52.7 Å². The van der Waals surface area contributed by atoms with Crippen LogP contribution in [0.4, 0.5) is 4.79 Å². The Balaban J connectivity index is 2.98. The second kappa shape index (κ2) is 8.50. The number of phenols is 1. The van der Waals surface area contributed by atoms with Gasteiger partial charge in [0.2, 0.25) is 0 Å². The summed E-state index contributed by atoms with van der Waals surface area (Å²) in [5.74, 6) is -1.04. The Labute approximate surface area is 147 Å². The van der Waals surface area contributed by atoms with Crippen LogP contribution in [0, 0.1) is 0 Å². The second-order valence-corrected chi connectivity index (χ2v) is 6.56. The molecule has 1 rings (SSSR count). The molecule has 1 atom stereocenters. The second-order valence-electron chi connectivity index (χ2n) is 6.56. The van der Waals surface area contributed by atoms with Crippen molar-refractivity contribution >= 4 is 17.8 Å². The molecule has 0 bridgehead atoms. The maximum absolute atomic E-state index is 12.1. The van der Waals surface area contributed by atoms with Crippen LogP contribution in [0.1, 0.15) is 50.5 Å². The van der Waals surface area contributed by atoms with E-state index in [2.05, 4.69) is 5.32 Å². The highest BCUT2D eigenvalue weighted by Crippen LogP contribution is 2.20. The highest BCUT2D eigenvalue weighted by atomic mass is 16.6. The SMILES string of the molecule is CCOC(=O)C(Cc1ccc(O)c(C(C)=O)c1)NC(=O)OC(C)(C)C. The van der Waals surface area contributed by atoms with Crippen LogP contribution in [0.5, 0.6) is 5.75 Å². The molecule has 138 valence electrons. The minimum Gasteiger partial charge on any atom is -0.507 e. The Morgan fingerprint density at radius 1 is 1.24 bits per heavy atom. The van der Waals surface area contributed by atoms with Gasteiger partial charge in [0.1, 0.15) is 17.4 Å². The number of aromatic hydroxyl groups is 1. The van der Waals surface area contributed by atoms with Crippen molar-refractivity contribution in [3.05, 3.63) is 29.3 Å². The number of carbonyl (C=O) groups is 3. The standard InChI is InChI=1S/C18H25NO6/c1-6-24-16(22)14(19-17(23)25-18(3,4)5)10-12-7-8-15(21)13(9-12)11(2)20/h7-9,14,21H,6,10H2,1-5H3,(H,19,23). The molecule has 7 nitrogen and oxygen atoms in total. The van der Waals surface area contributed by atoms with E-state index in [4.69, 9.17) is 9.47 Å². The van der Waals surface area contributed by atoms with Crippen LogP contribution < -0.4 is 5.32 Å². The van der Waals surface area contributed by atoms with E-state index in [0.717, 1.165) is 0 Å².